The summed E-state index contributed by atoms with van der Waals surface area (Å²) in [6.07, 6.45) is 0. The van der Waals surface area contributed by atoms with E-state index in [9.17, 15) is 0 Å². The molecule has 4 heterocycles. The summed E-state index contributed by atoms with van der Waals surface area (Å²) >= 11 is 0. The molecule has 0 aliphatic carbocycles. The molecule has 7 aromatic carbocycles. The Bertz CT molecular complexity index is 3200. The highest BCUT2D eigenvalue weighted by Gasteiger charge is 2.23. The zero-order valence-corrected chi connectivity index (χ0v) is 27.6. The molecule has 0 bridgehead atoms. The smallest absolute Gasteiger partial charge is 0.165 e. The van der Waals surface area contributed by atoms with Crippen molar-refractivity contribution in [3.8, 4) is 45.3 Å². The first kappa shape index (κ1) is 28.6. The van der Waals surface area contributed by atoms with Gasteiger partial charge in [0.1, 0.15) is 22.3 Å². The topological polar surface area (TPSA) is 77.8 Å². The maximum absolute atomic E-state index is 6.47. The van der Waals surface area contributed by atoms with E-state index < -0.39 is 0 Å². The molecule has 4 aromatic heterocycles. The summed E-state index contributed by atoms with van der Waals surface area (Å²) in [7, 11) is 0. The predicted octanol–water partition coefficient (Wildman–Crippen LogP) is 12.0. The van der Waals surface area contributed by atoms with Gasteiger partial charge in [-0.1, -0.05) is 127 Å². The Labute approximate surface area is 296 Å². The molecule has 11 rings (SSSR count). The minimum Gasteiger partial charge on any atom is -0.456 e. The van der Waals surface area contributed by atoms with E-state index in [2.05, 4.69) is 66.7 Å². The fourth-order valence-electron chi connectivity index (χ4n) is 7.58. The fraction of sp³-hybridized carbons (Fsp3) is 0. The van der Waals surface area contributed by atoms with Crippen molar-refractivity contribution in [1.82, 2.24) is 19.9 Å². The highest BCUT2D eigenvalue weighted by Crippen LogP contribution is 2.44. The molecule has 6 heteroatoms. The van der Waals surface area contributed by atoms with Crippen molar-refractivity contribution in [1.29, 1.82) is 0 Å². The number of rotatable bonds is 4. The lowest BCUT2D eigenvalue weighted by Crippen LogP contribution is -2.02. The molecule has 242 valence electrons. The molecular formula is C46H26N4O2. The van der Waals surface area contributed by atoms with Crippen LogP contribution in [0.3, 0.4) is 0 Å². The SMILES string of the molecule is c1ccc(-c2nc(-c3c(-c4cccc5oc6cc7ccccc7nc6c45)ccc4ccccc34)nc(-c3cccc4oc5ccccc5c34)n2)cc1. The van der Waals surface area contributed by atoms with Crippen LogP contribution in [0.25, 0.3) is 111 Å². The van der Waals surface area contributed by atoms with Crippen LogP contribution in [0, 0.1) is 0 Å². The van der Waals surface area contributed by atoms with Gasteiger partial charge >= 0.3 is 0 Å². The second-order valence-corrected chi connectivity index (χ2v) is 13.0. The molecule has 0 unspecified atom stereocenters. The maximum Gasteiger partial charge on any atom is 0.165 e. The third-order valence-electron chi connectivity index (χ3n) is 9.93. The van der Waals surface area contributed by atoms with E-state index in [1.807, 2.05) is 91.0 Å². The quantitative estimate of drug-likeness (QED) is 0.186. The van der Waals surface area contributed by atoms with E-state index in [0.717, 1.165) is 93.5 Å². The molecule has 0 saturated carbocycles. The van der Waals surface area contributed by atoms with Gasteiger partial charge in [0.2, 0.25) is 0 Å². The van der Waals surface area contributed by atoms with Gasteiger partial charge in [-0.25, -0.2) is 19.9 Å². The Morgan fingerprint density at radius 3 is 1.90 bits per heavy atom. The molecule has 0 N–H and O–H groups in total. The van der Waals surface area contributed by atoms with Gasteiger partial charge < -0.3 is 8.83 Å². The van der Waals surface area contributed by atoms with E-state index in [1.54, 1.807) is 0 Å². The van der Waals surface area contributed by atoms with Gasteiger partial charge in [0.25, 0.3) is 0 Å². The second-order valence-electron chi connectivity index (χ2n) is 13.0. The van der Waals surface area contributed by atoms with E-state index in [1.165, 1.54) is 0 Å². The van der Waals surface area contributed by atoms with Gasteiger partial charge in [-0.3, -0.25) is 0 Å². The molecule has 0 atom stereocenters. The summed E-state index contributed by atoms with van der Waals surface area (Å²) in [5.41, 5.74) is 9.52. The molecule has 0 radical (unpaired) electrons. The zero-order valence-electron chi connectivity index (χ0n) is 27.6. The van der Waals surface area contributed by atoms with Crippen LogP contribution in [0.15, 0.2) is 167 Å². The van der Waals surface area contributed by atoms with E-state index >= 15 is 0 Å². The first-order chi connectivity index (χ1) is 25.8. The Morgan fingerprint density at radius 1 is 0.365 bits per heavy atom. The van der Waals surface area contributed by atoms with Gasteiger partial charge in [-0.15, -0.1) is 0 Å². The average Bonchev–Trinajstić information content (AvgIpc) is 3.77. The number of pyridine rings is 1. The number of furan rings is 2. The van der Waals surface area contributed by atoms with Crippen molar-refractivity contribution in [2.75, 3.05) is 0 Å². The number of aromatic nitrogens is 4. The molecule has 0 amide bonds. The fourth-order valence-corrected chi connectivity index (χ4v) is 7.58. The highest BCUT2D eigenvalue weighted by molar-refractivity contribution is 6.16. The minimum absolute atomic E-state index is 0.569. The number of para-hydroxylation sites is 2. The van der Waals surface area contributed by atoms with Crippen LogP contribution in [0.2, 0.25) is 0 Å². The van der Waals surface area contributed by atoms with Gasteiger partial charge in [0, 0.05) is 32.8 Å². The van der Waals surface area contributed by atoms with Gasteiger partial charge in [-0.2, -0.15) is 0 Å². The standard InChI is InChI=1S/C46H26N4O2/c1-2-13-28(14-3-1)44-48-45(34-19-11-22-37-40(34)33-17-7-9-21-36(33)51-37)50-46(49-44)41-30-16-6-4-12-27(30)24-25-32(41)31-18-10-23-38-42(31)43-39(52-38)26-29-15-5-8-20-35(29)47-43/h1-26H. The van der Waals surface area contributed by atoms with Crippen LogP contribution in [0.1, 0.15) is 0 Å². The van der Waals surface area contributed by atoms with Crippen molar-refractivity contribution in [3.05, 3.63) is 158 Å². The summed E-state index contributed by atoms with van der Waals surface area (Å²) in [4.78, 5) is 20.9. The molecule has 0 aliphatic rings. The van der Waals surface area contributed by atoms with Crippen LogP contribution in [0.5, 0.6) is 0 Å². The van der Waals surface area contributed by atoms with E-state index in [4.69, 9.17) is 28.8 Å². The first-order valence-corrected chi connectivity index (χ1v) is 17.2. The zero-order chi connectivity index (χ0) is 34.2. The lowest BCUT2D eigenvalue weighted by atomic mass is 9.91. The van der Waals surface area contributed by atoms with Crippen LogP contribution >= 0.6 is 0 Å². The van der Waals surface area contributed by atoms with Crippen molar-refractivity contribution in [2.45, 2.75) is 0 Å². The lowest BCUT2D eigenvalue weighted by molar-refractivity contribution is 0.668. The van der Waals surface area contributed by atoms with Crippen LogP contribution < -0.4 is 0 Å². The van der Waals surface area contributed by atoms with Crippen molar-refractivity contribution < 1.29 is 8.83 Å². The molecular weight excluding hydrogens is 641 g/mol. The molecule has 11 aromatic rings. The van der Waals surface area contributed by atoms with Gasteiger partial charge in [-0.05, 0) is 52.2 Å². The number of fused-ring (bicyclic) bond motifs is 8. The van der Waals surface area contributed by atoms with Gasteiger partial charge in [0.15, 0.2) is 23.1 Å². The summed E-state index contributed by atoms with van der Waals surface area (Å²) in [6.45, 7) is 0. The Morgan fingerprint density at radius 2 is 1.02 bits per heavy atom. The number of hydrogen-bond acceptors (Lipinski definition) is 6. The molecule has 0 aliphatic heterocycles. The van der Waals surface area contributed by atoms with Crippen LogP contribution in [-0.2, 0) is 0 Å². The largest absolute Gasteiger partial charge is 0.456 e. The molecule has 0 spiro atoms. The number of benzene rings is 7. The Balaban J connectivity index is 1.24. The summed E-state index contributed by atoms with van der Waals surface area (Å²) in [5.74, 6) is 1.73. The second kappa shape index (κ2) is 11.2. The third-order valence-corrected chi connectivity index (χ3v) is 9.93. The van der Waals surface area contributed by atoms with E-state index in [-0.39, 0.29) is 0 Å². The molecule has 52 heavy (non-hydrogen) atoms. The van der Waals surface area contributed by atoms with E-state index in [0.29, 0.717) is 17.5 Å². The normalized spacial score (nSPS) is 11.8. The van der Waals surface area contributed by atoms with Crippen molar-refractivity contribution >= 4 is 65.7 Å². The average molecular weight is 667 g/mol. The minimum atomic E-state index is 0.569. The lowest BCUT2D eigenvalue weighted by Gasteiger charge is -2.15. The van der Waals surface area contributed by atoms with Crippen molar-refractivity contribution in [2.24, 2.45) is 0 Å². The monoisotopic (exact) mass is 666 g/mol. The van der Waals surface area contributed by atoms with Crippen LogP contribution in [-0.4, -0.2) is 19.9 Å². The third kappa shape index (κ3) is 4.38. The number of hydrogen-bond donors (Lipinski definition) is 0. The first-order valence-electron chi connectivity index (χ1n) is 17.2. The summed E-state index contributed by atoms with van der Waals surface area (Å²) in [6, 6.07) is 53.4. The number of nitrogens with zero attached hydrogens (tertiary/aromatic N) is 4. The Hall–Kier alpha value is -7.18. The molecule has 6 nitrogen and oxygen atoms in total. The molecule has 0 fully saturated rings. The molecule has 0 saturated heterocycles. The maximum atomic E-state index is 6.47. The van der Waals surface area contributed by atoms with Crippen molar-refractivity contribution in [3.63, 3.8) is 0 Å². The highest BCUT2D eigenvalue weighted by atomic mass is 16.3. The Kier molecular flexibility index (Phi) is 6.15. The van der Waals surface area contributed by atoms with Gasteiger partial charge in [0.05, 0.1) is 10.9 Å². The summed E-state index contributed by atoms with van der Waals surface area (Å²) in [5, 5.41) is 6.09. The predicted molar refractivity (Wildman–Crippen MR) is 209 cm³/mol. The van der Waals surface area contributed by atoms with Crippen LogP contribution in [0.4, 0.5) is 0 Å². The summed E-state index contributed by atoms with van der Waals surface area (Å²) < 4.78 is 12.8.